The Morgan fingerprint density at radius 2 is 1.56 bits per heavy atom. The molecule has 0 fully saturated rings. The highest BCUT2D eigenvalue weighted by Crippen LogP contribution is 2.39. The van der Waals surface area contributed by atoms with E-state index in [-0.39, 0.29) is 18.2 Å². The molecule has 0 bridgehead atoms. The fourth-order valence-corrected chi connectivity index (χ4v) is 5.76. The molecule has 2 heterocycles. The summed E-state index contributed by atoms with van der Waals surface area (Å²) >= 11 is 0. The van der Waals surface area contributed by atoms with Gasteiger partial charge in [0.1, 0.15) is 6.61 Å². The number of rotatable bonds is 13. The molecule has 226 valence electrons. The largest absolute Gasteiger partial charge is 0.493 e. The molecule has 1 atom stereocenters. The van der Waals surface area contributed by atoms with Gasteiger partial charge in [0.15, 0.2) is 11.5 Å². The number of pyridine rings is 1. The lowest BCUT2D eigenvalue weighted by Crippen LogP contribution is -2.27. The number of methoxy groups -OCH3 is 1. The number of hydrogen-bond acceptors (Lipinski definition) is 4. The summed E-state index contributed by atoms with van der Waals surface area (Å²) in [7, 11) is 1.65. The Morgan fingerprint density at radius 1 is 0.822 bits per heavy atom. The zero-order valence-electron chi connectivity index (χ0n) is 25.4. The second-order valence-corrected chi connectivity index (χ2v) is 11.1. The fraction of sp³-hybridized carbons (Fsp3) is 0.179. The van der Waals surface area contributed by atoms with Gasteiger partial charge in [-0.15, -0.1) is 0 Å². The van der Waals surface area contributed by atoms with E-state index < -0.39 is 0 Å². The van der Waals surface area contributed by atoms with Crippen LogP contribution in [-0.4, -0.2) is 29.1 Å². The third-order valence-corrected chi connectivity index (χ3v) is 8.04. The monoisotopic (exact) mass is 595 g/mol. The molecule has 4 aromatic carbocycles. The number of hydrogen-bond donors (Lipinski definition) is 1. The van der Waals surface area contributed by atoms with Crippen LogP contribution in [0.25, 0.3) is 10.9 Å². The minimum Gasteiger partial charge on any atom is -0.493 e. The van der Waals surface area contributed by atoms with Gasteiger partial charge in [-0.1, -0.05) is 91.0 Å². The van der Waals surface area contributed by atoms with E-state index in [0.29, 0.717) is 31.1 Å². The molecule has 0 aliphatic rings. The Morgan fingerprint density at radius 3 is 2.31 bits per heavy atom. The summed E-state index contributed by atoms with van der Waals surface area (Å²) in [6.45, 7) is 1.69. The van der Waals surface area contributed by atoms with E-state index in [4.69, 9.17) is 9.47 Å². The first-order chi connectivity index (χ1) is 22.2. The minimum absolute atomic E-state index is 0.0146. The molecule has 0 spiro atoms. The second-order valence-electron chi connectivity index (χ2n) is 11.1. The number of benzene rings is 4. The number of para-hydroxylation sites is 1. The van der Waals surface area contributed by atoms with Gasteiger partial charge in [0.05, 0.1) is 7.11 Å². The van der Waals surface area contributed by atoms with Crippen molar-refractivity contribution < 1.29 is 14.3 Å². The molecule has 0 aliphatic heterocycles. The molecule has 45 heavy (non-hydrogen) atoms. The van der Waals surface area contributed by atoms with E-state index in [9.17, 15) is 4.79 Å². The van der Waals surface area contributed by atoms with Crippen molar-refractivity contribution in [2.45, 2.75) is 31.9 Å². The van der Waals surface area contributed by atoms with E-state index in [1.165, 1.54) is 5.56 Å². The molecule has 0 unspecified atom stereocenters. The lowest BCUT2D eigenvalue weighted by atomic mass is 9.87. The van der Waals surface area contributed by atoms with Crippen LogP contribution in [0.3, 0.4) is 0 Å². The van der Waals surface area contributed by atoms with Gasteiger partial charge in [-0.3, -0.25) is 9.78 Å². The minimum atomic E-state index is -0.209. The fourth-order valence-electron chi connectivity index (χ4n) is 5.76. The van der Waals surface area contributed by atoms with Crippen LogP contribution in [0.1, 0.15) is 40.3 Å². The molecule has 1 amide bonds. The predicted molar refractivity (Wildman–Crippen MR) is 179 cm³/mol. The maximum Gasteiger partial charge on any atom is 0.220 e. The number of fused-ring (bicyclic) bond motifs is 1. The van der Waals surface area contributed by atoms with Crippen molar-refractivity contribution in [1.29, 1.82) is 0 Å². The van der Waals surface area contributed by atoms with Crippen LogP contribution in [0.5, 0.6) is 11.5 Å². The number of amides is 1. The Kier molecular flexibility index (Phi) is 9.51. The quantitative estimate of drug-likeness (QED) is 0.150. The van der Waals surface area contributed by atoms with Gasteiger partial charge in [-0.25, -0.2) is 0 Å². The summed E-state index contributed by atoms with van der Waals surface area (Å²) < 4.78 is 14.2. The van der Waals surface area contributed by atoms with Gasteiger partial charge >= 0.3 is 0 Å². The average Bonchev–Trinajstić information content (AvgIpc) is 3.45. The van der Waals surface area contributed by atoms with Crippen molar-refractivity contribution in [3.8, 4) is 11.5 Å². The van der Waals surface area contributed by atoms with Crippen LogP contribution in [0.4, 0.5) is 0 Å². The summed E-state index contributed by atoms with van der Waals surface area (Å²) in [5, 5.41) is 4.26. The molecule has 6 heteroatoms. The van der Waals surface area contributed by atoms with Crippen LogP contribution in [0.15, 0.2) is 134 Å². The average molecular weight is 596 g/mol. The molecular formula is C39H37N3O3. The number of carbonyl (C=O) groups is 1. The van der Waals surface area contributed by atoms with Crippen molar-refractivity contribution in [1.82, 2.24) is 14.9 Å². The lowest BCUT2D eigenvalue weighted by Gasteiger charge is -2.19. The second kappa shape index (κ2) is 14.4. The van der Waals surface area contributed by atoms with E-state index in [0.717, 1.165) is 39.8 Å². The topological polar surface area (TPSA) is 65.4 Å². The Bertz CT molecular complexity index is 1840. The van der Waals surface area contributed by atoms with Crippen LogP contribution in [0, 0.1) is 0 Å². The van der Waals surface area contributed by atoms with Crippen molar-refractivity contribution in [3.05, 3.63) is 162 Å². The van der Waals surface area contributed by atoms with Crippen molar-refractivity contribution >= 4 is 16.8 Å². The van der Waals surface area contributed by atoms with Crippen molar-refractivity contribution in [3.63, 3.8) is 0 Å². The van der Waals surface area contributed by atoms with E-state index >= 15 is 0 Å². The first-order valence-corrected chi connectivity index (χ1v) is 15.3. The molecule has 0 radical (unpaired) electrons. The normalized spacial score (nSPS) is 11.7. The zero-order chi connectivity index (χ0) is 30.8. The number of nitrogens with one attached hydrogen (secondary N) is 1. The first-order valence-electron chi connectivity index (χ1n) is 15.3. The molecule has 0 saturated carbocycles. The number of ether oxygens (including phenoxy) is 2. The smallest absolute Gasteiger partial charge is 0.220 e. The lowest BCUT2D eigenvalue weighted by molar-refractivity contribution is -0.121. The number of nitrogens with zero attached hydrogens (tertiary/aromatic N) is 2. The van der Waals surface area contributed by atoms with Crippen LogP contribution in [0.2, 0.25) is 0 Å². The molecule has 0 saturated heterocycles. The van der Waals surface area contributed by atoms with Crippen LogP contribution in [-0.2, 0) is 24.4 Å². The van der Waals surface area contributed by atoms with E-state index in [1.807, 2.05) is 66.7 Å². The summed E-state index contributed by atoms with van der Waals surface area (Å²) in [6, 6.07) is 40.8. The third kappa shape index (κ3) is 7.42. The Labute approximate surface area is 264 Å². The zero-order valence-corrected chi connectivity index (χ0v) is 25.4. The molecule has 6 nitrogen and oxygen atoms in total. The Hall–Kier alpha value is -5.36. The highest BCUT2D eigenvalue weighted by Gasteiger charge is 2.24. The predicted octanol–water partition coefficient (Wildman–Crippen LogP) is 7.55. The number of aromatic nitrogens is 2. The van der Waals surface area contributed by atoms with Crippen LogP contribution >= 0.6 is 0 Å². The van der Waals surface area contributed by atoms with Gasteiger partial charge in [0.25, 0.3) is 0 Å². The summed E-state index contributed by atoms with van der Waals surface area (Å²) in [4.78, 5) is 17.9. The van der Waals surface area contributed by atoms with E-state index in [2.05, 4.69) is 75.7 Å². The van der Waals surface area contributed by atoms with Crippen LogP contribution < -0.4 is 14.8 Å². The SMILES string of the molecule is COc1cc([C@H](CC(=O)NCCc2ccccn2)c2cn(Cc3ccccc3)c3ccccc23)ccc1OCc1ccccc1. The summed E-state index contributed by atoms with van der Waals surface area (Å²) in [5.74, 6) is 1.07. The molecule has 0 aliphatic carbocycles. The molecule has 2 aromatic heterocycles. The molecule has 6 rings (SSSR count). The summed E-state index contributed by atoms with van der Waals surface area (Å²) in [6.07, 6.45) is 4.94. The van der Waals surface area contributed by atoms with Gasteiger partial charge in [-0.2, -0.15) is 0 Å². The molecular weight excluding hydrogens is 558 g/mol. The van der Waals surface area contributed by atoms with E-state index in [1.54, 1.807) is 13.3 Å². The summed E-state index contributed by atoms with van der Waals surface area (Å²) in [5.41, 5.74) is 6.47. The molecule has 6 aromatic rings. The number of carbonyl (C=O) groups excluding carboxylic acids is 1. The van der Waals surface area contributed by atoms with Crippen molar-refractivity contribution in [2.75, 3.05) is 13.7 Å². The Balaban J connectivity index is 1.31. The first kappa shape index (κ1) is 29.7. The van der Waals surface area contributed by atoms with Crippen molar-refractivity contribution in [2.24, 2.45) is 0 Å². The van der Waals surface area contributed by atoms with Gasteiger partial charge < -0.3 is 19.4 Å². The van der Waals surface area contributed by atoms with Gasteiger partial charge in [-0.05, 0) is 52.6 Å². The maximum atomic E-state index is 13.5. The highest BCUT2D eigenvalue weighted by atomic mass is 16.5. The maximum absolute atomic E-state index is 13.5. The van der Waals surface area contributed by atoms with Gasteiger partial charge in [0.2, 0.25) is 5.91 Å². The van der Waals surface area contributed by atoms with Gasteiger partial charge in [0, 0.05) is 60.8 Å². The standard InChI is InChI=1S/C39H37N3O3/c1-44-38-24-31(19-20-37(38)45-28-30-14-6-3-7-15-30)34(25-39(43)41-23-21-32-16-10-11-22-40-32)35-27-42(26-29-12-4-2-5-13-29)36-18-9-8-17-33(35)36/h2-20,22,24,27,34H,21,23,25-26,28H2,1H3,(H,41,43)/t34-/m0/s1. The highest BCUT2D eigenvalue weighted by molar-refractivity contribution is 5.87. The molecule has 1 N–H and O–H groups in total. The third-order valence-electron chi connectivity index (χ3n) is 8.04.